The van der Waals surface area contributed by atoms with Gasteiger partial charge in [-0.15, -0.1) is 0 Å². The van der Waals surface area contributed by atoms with Crippen LogP contribution in [0.2, 0.25) is 0 Å². The lowest BCUT2D eigenvalue weighted by molar-refractivity contribution is 0.0218. The van der Waals surface area contributed by atoms with E-state index in [1.165, 1.54) is 18.2 Å². The number of likely N-dealkylation sites (N-methyl/N-ethyl adjacent to an activating group) is 1. The highest BCUT2D eigenvalue weighted by Crippen LogP contribution is 2.31. The topological polar surface area (TPSA) is 126 Å². The molecular formula is C27H38FN7O4. The van der Waals surface area contributed by atoms with E-state index in [0.29, 0.717) is 32.1 Å². The molecule has 2 amide bonds. The first-order chi connectivity index (χ1) is 18.4. The van der Waals surface area contributed by atoms with Gasteiger partial charge in [0, 0.05) is 31.7 Å². The average molecular weight is 544 g/mol. The van der Waals surface area contributed by atoms with Crippen molar-refractivity contribution in [1.29, 1.82) is 0 Å². The molecule has 2 fully saturated rings. The minimum absolute atomic E-state index is 0.0106. The molecular weight excluding hydrogens is 505 g/mol. The Morgan fingerprint density at radius 1 is 1.18 bits per heavy atom. The molecule has 0 radical (unpaired) electrons. The summed E-state index contributed by atoms with van der Waals surface area (Å²) in [5.74, 6) is -0.926. The number of nitrogen functional groups attached to an aromatic ring is 1. The summed E-state index contributed by atoms with van der Waals surface area (Å²) in [6, 6.07) is 5.89. The number of carbonyl (C=O) groups is 2. The summed E-state index contributed by atoms with van der Waals surface area (Å²) >= 11 is 0. The van der Waals surface area contributed by atoms with Gasteiger partial charge in [-0.3, -0.25) is 4.79 Å². The van der Waals surface area contributed by atoms with Crippen LogP contribution < -0.4 is 20.7 Å². The van der Waals surface area contributed by atoms with Gasteiger partial charge in [-0.05, 0) is 66.3 Å². The molecule has 39 heavy (non-hydrogen) atoms. The molecule has 2 unspecified atom stereocenters. The van der Waals surface area contributed by atoms with Gasteiger partial charge in [0.05, 0.1) is 5.69 Å². The van der Waals surface area contributed by atoms with Gasteiger partial charge in [0.1, 0.15) is 23.7 Å². The van der Waals surface area contributed by atoms with Crippen molar-refractivity contribution in [2.75, 3.05) is 55.8 Å². The number of likely N-dealkylation sites (tertiary alicyclic amines) is 1. The van der Waals surface area contributed by atoms with Crippen molar-refractivity contribution < 1.29 is 23.5 Å². The molecule has 2 saturated heterocycles. The molecule has 0 aliphatic carbocycles. The Morgan fingerprint density at radius 3 is 2.56 bits per heavy atom. The van der Waals surface area contributed by atoms with Gasteiger partial charge >= 0.3 is 12.1 Å². The highest BCUT2D eigenvalue weighted by atomic mass is 19.1. The van der Waals surface area contributed by atoms with Crippen LogP contribution in [0.5, 0.6) is 6.01 Å². The number of hydrogen-bond donors (Lipinski definition) is 2. The molecule has 2 aromatic rings. The third kappa shape index (κ3) is 6.86. The SMILES string of the molecule is CC1CN(C(=O)OC(C)(C)C)CCN1c1nc(OCC2CCCN2C)nc(C(=O)Nc2ccccc2F)c1N. The van der Waals surface area contributed by atoms with Crippen molar-refractivity contribution in [2.45, 2.75) is 58.2 Å². The van der Waals surface area contributed by atoms with Gasteiger partial charge in [-0.2, -0.15) is 9.97 Å². The number of nitrogens with zero attached hydrogens (tertiary/aromatic N) is 5. The lowest BCUT2D eigenvalue weighted by Crippen LogP contribution is -2.55. The predicted molar refractivity (Wildman–Crippen MR) is 147 cm³/mol. The van der Waals surface area contributed by atoms with Crippen LogP contribution in [-0.4, -0.2) is 89.3 Å². The number of piperazine rings is 1. The summed E-state index contributed by atoms with van der Waals surface area (Å²) in [6.07, 6.45) is 1.68. The van der Waals surface area contributed by atoms with Crippen LogP contribution in [0.3, 0.4) is 0 Å². The minimum atomic E-state index is -0.677. The smallest absolute Gasteiger partial charge is 0.410 e. The lowest BCUT2D eigenvalue weighted by atomic mass is 10.1. The van der Waals surface area contributed by atoms with E-state index in [0.717, 1.165) is 19.4 Å². The zero-order valence-corrected chi connectivity index (χ0v) is 23.2. The van der Waals surface area contributed by atoms with Gasteiger partial charge < -0.3 is 35.2 Å². The number of amides is 2. The van der Waals surface area contributed by atoms with E-state index >= 15 is 0 Å². The highest BCUT2D eigenvalue weighted by Gasteiger charge is 2.33. The first-order valence-corrected chi connectivity index (χ1v) is 13.2. The number of anilines is 3. The summed E-state index contributed by atoms with van der Waals surface area (Å²) in [6.45, 7) is 9.90. The zero-order chi connectivity index (χ0) is 28.3. The van der Waals surface area contributed by atoms with E-state index in [4.69, 9.17) is 15.2 Å². The second-order valence-corrected chi connectivity index (χ2v) is 11.1. The van der Waals surface area contributed by atoms with Crippen molar-refractivity contribution in [3.05, 3.63) is 35.8 Å². The fourth-order valence-electron chi connectivity index (χ4n) is 4.76. The molecule has 0 bridgehead atoms. The Kier molecular flexibility index (Phi) is 8.43. The maximum Gasteiger partial charge on any atom is 0.410 e. The zero-order valence-electron chi connectivity index (χ0n) is 23.2. The molecule has 2 atom stereocenters. The minimum Gasteiger partial charge on any atom is -0.462 e. The van der Waals surface area contributed by atoms with E-state index in [9.17, 15) is 14.0 Å². The first kappa shape index (κ1) is 28.3. The second kappa shape index (κ2) is 11.6. The molecule has 0 saturated carbocycles. The largest absolute Gasteiger partial charge is 0.462 e. The number of hydrogen-bond acceptors (Lipinski definition) is 9. The van der Waals surface area contributed by atoms with Crippen LogP contribution in [0.25, 0.3) is 0 Å². The number of nitrogens with one attached hydrogen (secondary N) is 1. The molecule has 3 N–H and O–H groups in total. The summed E-state index contributed by atoms with van der Waals surface area (Å²) in [5.41, 5.74) is 5.81. The number of nitrogens with two attached hydrogens (primary N) is 1. The third-order valence-corrected chi connectivity index (χ3v) is 6.87. The standard InChI is InChI=1S/C27H38FN7O4/c1-17-15-34(26(37)39-27(2,3)4)13-14-35(17)23-21(29)22(24(36)30-20-11-7-6-10-19(20)28)31-25(32-23)38-16-18-9-8-12-33(18)5/h6-7,10-11,17-18H,8-9,12-16,29H2,1-5H3,(H,30,36). The number of ether oxygens (including phenoxy) is 2. The normalized spacial score (nSPS) is 20.2. The van der Waals surface area contributed by atoms with Crippen molar-refractivity contribution in [1.82, 2.24) is 19.8 Å². The van der Waals surface area contributed by atoms with Crippen molar-refractivity contribution in [2.24, 2.45) is 0 Å². The Hall–Kier alpha value is -3.67. The van der Waals surface area contributed by atoms with Crippen molar-refractivity contribution >= 4 is 29.2 Å². The number of halogens is 1. The van der Waals surface area contributed by atoms with Crippen LogP contribution in [0.4, 0.5) is 26.4 Å². The maximum atomic E-state index is 14.2. The van der Waals surface area contributed by atoms with Crippen LogP contribution >= 0.6 is 0 Å². The van der Waals surface area contributed by atoms with E-state index in [-0.39, 0.29) is 41.3 Å². The number of aromatic nitrogens is 2. The summed E-state index contributed by atoms with van der Waals surface area (Å²) in [7, 11) is 2.04. The van der Waals surface area contributed by atoms with Gasteiger partial charge in [-0.25, -0.2) is 9.18 Å². The molecule has 2 aliphatic rings. The maximum absolute atomic E-state index is 14.2. The highest BCUT2D eigenvalue weighted by molar-refractivity contribution is 6.07. The van der Waals surface area contributed by atoms with Crippen LogP contribution in [-0.2, 0) is 4.74 Å². The van der Waals surface area contributed by atoms with E-state index < -0.39 is 17.3 Å². The van der Waals surface area contributed by atoms with Gasteiger partial charge in [0.2, 0.25) is 0 Å². The fraction of sp³-hybridized carbons (Fsp3) is 0.556. The lowest BCUT2D eigenvalue weighted by Gasteiger charge is -2.41. The molecule has 2 aliphatic heterocycles. The molecule has 11 nitrogen and oxygen atoms in total. The monoisotopic (exact) mass is 543 g/mol. The molecule has 0 spiro atoms. The molecule has 1 aromatic heterocycles. The van der Waals surface area contributed by atoms with Crippen LogP contribution in [0.1, 0.15) is 51.0 Å². The Bertz CT molecular complexity index is 1210. The summed E-state index contributed by atoms with van der Waals surface area (Å²) in [5, 5.41) is 2.55. The van der Waals surface area contributed by atoms with E-state index in [1.807, 2.05) is 39.6 Å². The third-order valence-electron chi connectivity index (χ3n) is 6.87. The molecule has 12 heteroatoms. The molecule has 212 valence electrons. The Labute approximate surface area is 228 Å². The molecule has 4 rings (SSSR count). The number of benzene rings is 1. The van der Waals surface area contributed by atoms with Crippen LogP contribution in [0.15, 0.2) is 24.3 Å². The van der Waals surface area contributed by atoms with Gasteiger partial charge in [-0.1, -0.05) is 12.1 Å². The van der Waals surface area contributed by atoms with Gasteiger partial charge in [0.25, 0.3) is 5.91 Å². The van der Waals surface area contributed by atoms with Crippen molar-refractivity contribution in [3.63, 3.8) is 0 Å². The number of rotatable bonds is 6. The van der Waals surface area contributed by atoms with Gasteiger partial charge in [0.15, 0.2) is 11.5 Å². The molecule has 1 aromatic carbocycles. The van der Waals surface area contributed by atoms with E-state index in [2.05, 4.69) is 20.2 Å². The van der Waals surface area contributed by atoms with E-state index in [1.54, 1.807) is 11.0 Å². The Balaban J connectivity index is 1.60. The average Bonchev–Trinajstić information content (AvgIpc) is 3.28. The number of para-hydroxylation sites is 1. The molecule has 3 heterocycles. The fourth-order valence-corrected chi connectivity index (χ4v) is 4.76. The quantitative estimate of drug-likeness (QED) is 0.564. The van der Waals surface area contributed by atoms with Crippen LogP contribution in [0, 0.1) is 5.82 Å². The predicted octanol–water partition coefficient (Wildman–Crippen LogP) is 3.37. The summed E-state index contributed by atoms with van der Waals surface area (Å²) in [4.78, 5) is 40.6. The van der Waals surface area contributed by atoms with Crippen molar-refractivity contribution in [3.8, 4) is 6.01 Å². The summed E-state index contributed by atoms with van der Waals surface area (Å²) < 4.78 is 25.7. The first-order valence-electron chi connectivity index (χ1n) is 13.2. The number of carbonyl (C=O) groups excluding carboxylic acids is 2. The second-order valence-electron chi connectivity index (χ2n) is 11.1. The Morgan fingerprint density at radius 2 is 1.92 bits per heavy atom.